The SMILES string of the molecule is CC(C)(C)c1cc(B2OC(C)(C)C(C)(C)O2)cc2c1OCCC2O. The summed E-state index contributed by atoms with van der Waals surface area (Å²) in [6, 6.07) is 4.09. The molecule has 1 atom stereocenters. The molecule has 1 aromatic rings. The molecule has 0 amide bonds. The standard InChI is InChI=1S/C19H29BO4/c1-17(2,3)14-11-12(10-13-15(21)8-9-22-16(13)14)20-23-18(4,5)19(6,7)24-20/h10-11,15,21H,8-9H2,1-7H3. The van der Waals surface area contributed by atoms with Crippen LogP contribution in [0, 0.1) is 0 Å². The predicted molar refractivity (Wildman–Crippen MR) is 95.9 cm³/mol. The number of aliphatic hydroxyl groups is 1. The molecule has 1 aromatic carbocycles. The van der Waals surface area contributed by atoms with Crippen molar-refractivity contribution in [2.75, 3.05) is 6.61 Å². The molecule has 132 valence electrons. The van der Waals surface area contributed by atoms with Gasteiger partial charge in [0, 0.05) is 12.0 Å². The van der Waals surface area contributed by atoms with E-state index in [1.165, 1.54) is 0 Å². The predicted octanol–water partition coefficient (Wildman–Crippen LogP) is 3.10. The van der Waals surface area contributed by atoms with E-state index in [4.69, 9.17) is 14.0 Å². The van der Waals surface area contributed by atoms with E-state index in [0.717, 1.165) is 22.3 Å². The quantitative estimate of drug-likeness (QED) is 0.803. The van der Waals surface area contributed by atoms with Crippen molar-refractivity contribution >= 4 is 12.6 Å². The summed E-state index contributed by atoms with van der Waals surface area (Å²) >= 11 is 0. The lowest BCUT2D eigenvalue weighted by molar-refractivity contribution is 0.00578. The summed E-state index contributed by atoms with van der Waals surface area (Å²) in [5, 5.41) is 10.5. The minimum absolute atomic E-state index is 0.0964. The van der Waals surface area contributed by atoms with Gasteiger partial charge in [-0.25, -0.2) is 0 Å². The molecule has 3 rings (SSSR count). The second kappa shape index (κ2) is 5.48. The monoisotopic (exact) mass is 332 g/mol. The Balaban J connectivity index is 2.09. The average molecular weight is 332 g/mol. The number of rotatable bonds is 1. The third-order valence-electron chi connectivity index (χ3n) is 5.47. The highest BCUT2D eigenvalue weighted by Crippen LogP contribution is 2.41. The molecule has 0 bridgehead atoms. The van der Waals surface area contributed by atoms with Crippen LogP contribution < -0.4 is 10.2 Å². The fourth-order valence-corrected chi connectivity index (χ4v) is 3.18. The van der Waals surface area contributed by atoms with Gasteiger partial charge >= 0.3 is 7.12 Å². The third kappa shape index (κ3) is 2.87. The van der Waals surface area contributed by atoms with Crippen LogP contribution in [0.3, 0.4) is 0 Å². The Morgan fingerprint density at radius 1 is 1.08 bits per heavy atom. The zero-order valence-corrected chi connectivity index (χ0v) is 15.9. The Bertz CT molecular complexity index is 630. The van der Waals surface area contributed by atoms with E-state index in [1.807, 2.05) is 33.8 Å². The molecule has 0 saturated carbocycles. The van der Waals surface area contributed by atoms with Crippen molar-refractivity contribution in [1.82, 2.24) is 0 Å². The van der Waals surface area contributed by atoms with Crippen molar-refractivity contribution < 1.29 is 19.2 Å². The van der Waals surface area contributed by atoms with E-state index in [9.17, 15) is 5.11 Å². The fraction of sp³-hybridized carbons (Fsp3) is 0.684. The molecule has 24 heavy (non-hydrogen) atoms. The second-order valence-electron chi connectivity index (χ2n) is 8.98. The van der Waals surface area contributed by atoms with Crippen molar-refractivity contribution in [3.63, 3.8) is 0 Å². The molecular formula is C19H29BO4. The molecule has 0 spiro atoms. The molecule has 1 fully saturated rings. The van der Waals surface area contributed by atoms with Crippen LogP contribution >= 0.6 is 0 Å². The van der Waals surface area contributed by atoms with Crippen molar-refractivity contribution in [1.29, 1.82) is 0 Å². The maximum absolute atomic E-state index is 10.5. The summed E-state index contributed by atoms with van der Waals surface area (Å²) in [6.45, 7) is 15.2. The molecule has 1 unspecified atom stereocenters. The molecule has 4 nitrogen and oxygen atoms in total. The first-order chi connectivity index (χ1) is 10.9. The Morgan fingerprint density at radius 2 is 1.67 bits per heavy atom. The molecule has 5 heteroatoms. The topological polar surface area (TPSA) is 47.9 Å². The van der Waals surface area contributed by atoms with Crippen LogP contribution in [0.1, 0.15) is 72.1 Å². The molecule has 0 aromatic heterocycles. The van der Waals surface area contributed by atoms with Gasteiger partial charge in [-0.2, -0.15) is 0 Å². The van der Waals surface area contributed by atoms with Crippen LogP contribution in [0.5, 0.6) is 5.75 Å². The van der Waals surface area contributed by atoms with E-state index in [-0.39, 0.29) is 16.6 Å². The largest absolute Gasteiger partial charge is 0.494 e. The van der Waals surface area contributed by atoms with Crippen molar-refractivity contribution in [3.05, 3.63) is 23.3 Å². The molecule has 0 aliphatic carbocycles. The first-order valence-electron chi connectivity index (χ1n) is 8.77. The minimum Gasteiger partial charge on any atom is -0.493 e. The van der Waals surface area contributed by atoms with Crippen LogP contribution in [0.2, 0.25) is 0 Å². The van der Waals surface area contributed by atoms with Gasteiger partial charge in [-0.3, -0.25) is 0 Å². The summed E-state index contributed by atoms with van der Waals surface area (Å²) in [6.07, 6.45) is 0.112. The van der Waals surface area contributed by atoms with Gasteiger partial charge < -0.3 is 19.2 Å². The van der Waals surface area contributed by atoms with E-state index < -0.39 is 13.2 Å². The highest BCUT2D eigenvalue weighted by molar-refractivity contribution is 6.62. The zero-order chi connectivity index (χ0) is 17.9. The lowest BCUT2D eigenvalue weighted by Gasteiger charge is -2.32. The van der Waals surface area contributed by atoms with Gasteiger partial charge in [-0.1, -0.05) is 32.9 Å². The van der Waals surface area contributed by atoms with Crippen LogP contribution in [0.25, 0.3) is 0 Å². The zero-order valence-electron chi connectivity index (χ0n) is 15.9. The highest BCUT2D eigenvalue weighted by Gasteiger charge is 2.52. The van der Waals surface area contributed by atoms with Crippen LogP contribution in [-0.4, -0.2) is 30.0 Å². The smallest absolute Gasteiger partial charge is 0.493 e. The Labute approximate surface area is 145 Å². The van der Waals surface area contributed by atoms with E-state index in [1.54, 1.807) is 0 Å². The van der Waals surface area contributed by atoms with E-state index in [2.05, 4.69) is 26.8 Å². The van der Waals surface area contributed by atoms with Gasteiger partial charge in [0.05, 0.1) is 23.9 Å². The Hall–Kier alpha value is -1.04. The first kappa shape index (κ1) is 17.8. The van der Waals surface area contributed by atoms with Crippen LogP contribution in [0.15, 0.2) is 12.1 Å². The summed E-state index contributed by atoms with van der Waals surface area (Å²) in [4.78, 5) is 0. The number of hydrogen-bond donors (Lipinski definition) is 1. The number of aliphatic hydroxyl groups excluding tert-OH is 1. The van der Waals surface area contributed by atoms with E-state index >= 15 is 0 Å². The van der Waals surface area contributed by atoms with Gasteiger partial charge in [0.15, 0.2) is 0 Å². The first-order valence-corrected chi connectivity index (χ1v) is 8.77. The Kier molecular flexibility index (Phi) is 4.06. The summed E-state index contributed by atoms with van der Waals surface area (Å²) < 4.78 is 18.3. The lowest BCUT2D eigenvalue weighted by atomic mass is 9.73. The van der Waals surface area contributed by atoms with Crippen LogP contribution in [0.4, 0.5) is 0 Å². The number of fused-ring (bicyclic) bond motifs is 1. The maximum atomic E-state index is 10.5. The van der Waals surface area contributed by atoms with Crippen molar-refractivity contribution in [2.45, 2.75) is 77.6 Å². The summed E-state index contributed by atoms with van der Waals surface area (Å²) in [5.74, 6) is 0.821. The molecule has 0 radical (unpaired) electrons. The normalized spacial score (nSPS) is 25.3. The van der Waals surface area contributed by atoms with Gasteiger partial charge in [0.2, 0.25) is 0 Å². The van der Waals surface area contributed by atoms with Crippen molar-refractivity contribution in [2.24, 2.45) is 0 Å². The molecule has 1 N–H and O–H groups in total. The second-order valence-corrected chi connectivity index (χ2v) is 8.98. The summed E-state index contributed by atoms with van der Waals surface area (Å²) in [5.41, 5.74) is 2.01. The van der Waals surface area contributed by atoms with Gasteiger partial charge in [-0.05, 0) is 44.1 Å². The molecule has 1 saturated heterocycles. The Morgan fingerprint density at radius 3 is 2.21 bits per heavy atom. The van der Waals surface area contributed by atoms with Crippen molar-refractivity contribution in [3.8, 4) is 5.75 Å². The molecular weight excluding hydrogens is 303 g/mol. The van der Waals surface area contributed by atoms with E-state index in [0.29, 0.717) is 13.0 Å². The molecule has 2 aliphatic heterocycles. The highest BCUT2D eigenvalue weighted by atomic mass is 16.7. The lowest BCUT2D eigenvalue weighted by Crippen LogP contribution is -2.41. The fourth-order valence-electron chi connectivity index (χ4n) is 3.18. The number of benzene rings is 1. The van der Waals surface area contributed by atoms with Gasteiger partial charge in [0.1, 0.15) is 5.75 Å². The van der Waals surface area contributed by atoms with Crippen LogP contribution in [-0.2, 0) is 14.7 Å². The average Bonchev–Trinajstić information content (AvgIpc) is 2.66. The third-order valence-corrected chi connectivity index (χ3v) is 5.47. The summed E-state index contributed by atoms with van der Waals surface area (Å²) in [7, 11) is -0.435. The molecule has 2 aliphatic rings. The van der Waals surface area contributed by atoms with Gasteiger partial charge in [0.25, 0.3) is 0 Å². The maximum Gasteiger partial charge on any atom is 0.494 e. The number of hydrogen-bond acceptors (Lipinski definition) is 4. The molecule has 2 heterocycles. The number of ether oxygens (including phenoxy) is 1. The minimum atomic E-state index is -0.503. The van der Waals surface area contributed by atoms with Gasteiger partial charge in [-0.15, -0.1) is 0 Å².